The fourth-order valence-corrected chi connectivity index (χ4v) is 2.73. The van der Waals surface area contributed by atoms with Crippen molar-refractivity contribution >= 4 is 11.6 Å². The smallest absolute Gasteiger partial charge is 0.274 e. The van der Waals surface area contributed by atoms with Crippen LogP contribution in [0.2, 0.25) is 0 Å². The SMILES string of the molecule is CCC1CCCC(NC(=O)c2nn(C)cc2N)C1. The Balaban J connectivity index is 1.97. The van der Waals surface area contributed by atoms with Gasteiger partial charge in [0, 0.05) is 19.3 Å². The molecule has 0 aromatic carbocycles. The number of carbonyl (C=O) groups excluding carboxylic acids is 1. The number of aryl methyl sites for hydroxylation is 1. The minimum absolute atomic E-state index is 0.144. The van der Waals surface area contributed by atoms with Crippen molar-refractivity contribution in [2.75, 3.05) is 5.73 Å². The summed E-state index contributed by atoms with van der Waals surface area (Å²) in [5.41, 5.74) is 6.54. The lowest BCUT2D eigenvalue weighted by molar-refractivity contribution is 0.0914. The zero-order chi connectivity index (χ0) is 13.1. The van der Waals surface area contributed by atoms with E-state index in [9.17, 15) is 4.79 Å². The number of rotatable bonds is 3. The topological polar surface area (TPSA) is 72.9 Å². The average molecular weight is 250 g/mol. The number of hydrogen-bond donors (Lipinski definition) is 2. The number of nitrogens with one attached hydrogen (secondary N) is 1. The second-order valence-electron chi connectivity index (χ2n) is 5.22. The highest BCUT2D eigenvalue weighted by Gasteiger charge is 2.24. The van der Waals surface area contributed by atoms with Crippen LogP contribution in [0, 0.1) is 5.92 Å². The van der Waals surface area contributed by atoms with E-state index in [1.54, 1.807) is 17.9 Å². The van der Waals surface area contributed by atoms with Gasteiger partial charge in [0.25, 0.3) is 5.91 Å². The maximum absolute atomic E-state index is 12.1. The van der Waals surface area contributed by atoms with E-state index in [-0.39, 0.29) is 11.9 Å². The summed E-state index contributed by atoms with van der Waals surface area (Å²) in [5.74, 6) is 0.597. The van der Waals surface area contributed by atoms with Gasteiger partial charge in [-0.15, -0.1) is 0 Å². The molecule has 100 valence electrons. The van der Waals surface area contributed by atoms with Gasteiger partial charge in [0.15, 0.2) is 5.69 Å². The normalized spacial score (nSPS) is 23.9. The predicted molar refractivity (Wildman–Crippen MR) is 71.1 cm³/mol. The fourth-order valence-electron chi connectivity index (χ4n) is 2.73. The first-order valence-electron chi connectivity index (χ1n) is 6.70. The third-order valence-corrected chi connectivity index (χ3v) is 3.77. The van der Waals surface area contributed by atoms with Gasteiger partial charge in [-0.05, 0) is 18.8 Å². The highest BCUT2D eigenvalue weighted by molar-refractivity contribution is 5.97. The maximum atomic E-state index is 12.1. The summed E-state index contributed by atoms with van der Waals surface area (Å²) < 4.78 is 1.57. The molecule has 1 amide bonds. The van der Waals surface area contributed by atoms with Crippen molar-refractivity contribution in [3.8, 4) is 0 Å². The van der Waals surface area contributed by atoms with Gasteiger partial charge in [-0.25, -0.2) is 0 Å². The van der Waals surface area contributed by atoms with E-state index in [0.717, 1.165) is 18.8 Å². The number of anilines is 1. The molecule has 2 rings (SSSR count). The molecule has 1 aliphatic carbocycles. The number of nitrogens with zero attached hydrogens (tertiary/aromatic N) is 2. The zero-order valence-electron chi connectivity index (χ0n) is 11.1. The van der Waals surface area contributed by atoms with Crippen molar-refractivity contribution in [3.63, 3.8) is 0 Å². The van der Waals surface area contributed by atoms with E-state index < -0.39 is 0 Å². The third kappa shape index (κ3) is 2.83. The molecule has 0 bridgehead atoms. The number of hydrogen-bond acceptors (Lipinski definition) is 3. The molecule has 1 fully saturated rings. The molecule has 0 spiro atoms. The number of aromatic nitrogens is 2. The van der Waals surface area contributed by atoms with Crippen LogP contribution in [0.15, 0.2) is 6.20 Å². The minimum atomic E-state index is -0.144. The summed E-state index contributed by atoms with van der Waals surface area (Å²) in [5, 5.41) is 7.15. The van der Waals surface area contributed by atoms with Crippen LogP contribution < -0.4 is 11.1 Å². The van der Waals surface area contributed by atoms with Gasteiger partial charge < -0.3 is 11.1 Å². The van der Waals surface area contributed by atoms with Gasteiger partial charge in [-0.3, -0.25) is 9.48 Å². The van der Waals surface area contributed by atoms with E-state index in [2.05, 4.69) is 17.3 Å². The maximum Gasteiger partial charge on any atom is 0.274 e. The highest BCUT2D eigenvalue weighted by Crippen LogP contribution is 2.26. The third-order valence-electron chi connectivity index (χ3n) is 3.77. The van der Waals surface area contributed by atoms with Gasteiger partial charge in [0.1, 0.15) is 0 Å². The molecule has 0 saturated heterocycles. The monoisotopic (exact) mass is 250 g/mol. The quantitative estimate of drug-likeness (QED) is 0.857. The van der Waals surface area contributed by atoms with Crippen molar-refractivity contribution in [2.24, 2.45) is 13.0 Å². The van der Waals surface area contributed by atoms with Crippen LogP contribution in [0.25, 0.3) is 0 Å². The lowest BCUT2D eigenvalue weighted by Gasteiger charge is -2.28. The summed E-state index contributed by atoms with van der Waals surface area (Å²) >= 11 is 0. The molecule has 1 heterocycles. The number of carbonyl (C=O) groups is 1. The molecule has 18 heavy (non-hydrogen) atoms. The Hall–Kier alpha value is -1.52. The van der Waals surface area contributed by atoms with Crippen molar-refractivity contribution < 1.29 is 4.79 Å². The van der Waals surface area contributed by atoms with E-state index in [1.165, 1.54) is 19.3 Å². The van der Waals surface area contributed by atoms with E-state index >= 15 is 0 Å². The Morgan fingerprint density at radius 3 is 3.00 bits per heavy atom. The first kappa shape index (κ1) is 12.9. The molecule has 0 radical (unpaired) electrons. The van der Waals surface area contributed by atoms with E-state index in [1.807, 2.05) is 0 Å². The van der Waals surface area contributed by atoms with Gasteiger partial charge in [0.05, 0.1) is 5.69 Å². The lowest BCUT2D eigenvalue weighted by atomic mass is 9.84. The molecule has 5 heteroatoms. The Morgan fingerprint density at radius 2 is 2.39 bits per heavy atom. The molecule has 1 aliphatic rings. The summed E-state index contributed by atoms with van der Waals surface area (Å²) in [6.45, 7) is 2.21. The Kier molecular flexibility index (Phi) is 3.89. The Bertz CT molecular complexity index is 427. The van der Waals surface area contributed by atoms with Crippen LogP contribution in [0.4, 0.5) is 5.69 Å². The van der Waals surface area contributed by atoms with Gasteiger partial charge in [-0.1, -0.05) is 26.2 Å². The zero-order valence-corrected chi connectivity index (χ0v) is 11.1. The summed E-state index contributed by atoms with van der Waals surface area (Å²) in [7, 11) is 1.76. The molecule has 1 aromatic heterocycles. The van der Waals surface area contributed by atoms with Gasteiger partial charge in [0.2, 0.25) is 0 Å². The molecule has 5 nitrogen and oxygen atoms in total. The molecule has 1 saturated carbocycles. The number of nitrogens with two attached hydrogens (primary N) is 1. The molecule has 3 N–H and O–H groups in total. The van der Waals surface area contributed by atoms with Crippen molar-refractivity contribution in [2.45, 2.75) is 45.1 Å². The summed E-state index contributed by atoms with van der Waals surface area (Å²) in [6.07, 6.45) is 7.47. The van der Waals surface area contributed by atoms with Crippen LogP contribution in [0.5, 0.6) is 0 Å². The molecule has 0 aliphatic heterocycles. The number of amides is 1. The van der Waals surface area contributed by atoms with E-state index in [4.69, 9.17) is 5.73 Å². The second-order valence-corrected chi connectivity index (χ2v) is 5.22. The summed E-state index contributed by atoms with van der Waals surface area (Å²) in [4.78, 5) is 12.1. The number of nitrogen functional groups attached to an aromatic ring is 1. The fraction of sp³-hybridized carbons (Fsp3) is 0.692. The highest BCUT2D eigenvalue weighted by atomic mass is 16.2. The van der Waals surface area contributed by atoms with Crippen molar-refractivity contribution in [1.82, 2.24) is 15.1 Å². The predicted octanol–water partition coefficient (Wildman–Crippen LogP) is 1.70. The van der Waals surface area contributed by atoms with Crippen molar-refractivity contribution in [1.29, 1.82) is 0 Å². The molecule has 1 aromatic rings. The van der Waals surface area contributed by atoms with Crippen LogP contribution in [-0.2, 0) is 7.05 Å². The second kappa shape index (κ2) is 5.42. The van der Waals surface area contributed by atoms with E-state index in [0.29, 0.717) is 11.4 Å². The largest absolute Gasteiger partial charge is 0.396 e. The molecular formula is C13H22N4O. The minimum Gasteiger partial charge on any atom is -0.396 e. The molecule has 2 atom stereocenters. The average Bonchev–Trinajstić information content (AvgIpc) is 2.69. The lowest BCUT2D eigenvalue weighted by Crippen LogP contribution is -2.38. The van der Waals surface area contributed by atoms with Crippen molar-refractivity contribution in [3.05, 3.63) is 11.9 Å². The van der Waals surface area contributed by atoms with Crippen LogP contribution in [-0.4, -0.2) is 21.7 Å². The standard InChI is InChI=1S/C13H22N4O/c1-3-9-5-4-6-10(7-9)15-13(18)12-11(14)8-17(2)16-12/h8-10H,3-7,14H2,1-2H3,(H,15,18). The van der Waals surface area contributed by atoms with Crippen LogP contribution in [0.1, 0.15) is 49.5 Å². The molecular weight excluding hydrogens is 228 g/mol. The van der Waals surface area contributed by atoms with Crippen LogP contribution >= 0.6 is 0 Å². The van der Waals surface area contributed by atoms with Gasteiger partial charge in [-0.2, -0.15) is 5.10 Å². The van der Waals surface area contributed by atoms with Gasteiger partial charge >= 0.3 is 0 Å². The Labute approximate surface area is 108 Å². The molecule has 2 unspecified atom stereocenters. The summed E-state index contributed by atoms with van der Waals surface area (Å²) in [6, 6.07) is 0.276. The Morgan fingerprint density at radius 1 is 1.61 bits per heavy atom. The first-order chi connectivity index (χ1) is 8.60. The van der Waals surface area contributed by atoms with Crippen LogP contribution in [0.3, 0.4) is 0 Å². The first-order valence-corrected chi connectivity index (χ1v) is 6.70.